The van der Waals surface area contributed by atoms with Gasteiger partial charge in [0, 0.05) is 11.3 Å². The molecular formula is C27H29BrN2O3S. The van der Waals surface area contributed by atoms with E-state index in [2.05, 4.69) is 52.5 Å². The van der Waals surface area contributed by atoms with E-state index in [1.165, 1.54) is 5.56 Å². The smallest absolute Gasteiger partial charge is 0.257 e. The van der Waals surface area contributed by atoms with Gasteiger partial charge < -0.3 is 14.8 Å². The number of halogens is 1. The Morgan fingerprint density at radius 3 is 2.41 bits per heavy atom. The number of anilines is 1. The second-order valence-electron chi connectivity index (χ2n) is 8.22. The summed E-state index contributed by atoms with van der Waals surface area (Å²) in [6.45, 7) is 5.41. The Morgan fingerprint density at radius 1 is 1.00 bits per heavy atom. The van der Waals surface area contributed by atoms with Crippen LogP contribution in [-0.2, 0) is 6.42 Å². The molecule has 7 heteroatoms. The fourth-order valence-electron chi connectivity index (χ4n) is 3.10. The van der Waals surface area contributed by atoms with Gasteiger partial charge in [-0.15, -0.1) is 0 Å². The number of benzene rings is 3. The number of rotatable bonds is 10. The number of carbonyl (C=O) groups excluding carboxylic acids is 1. The van der Waals surface area contributed by atoms with Crippen molar-refractivity contribution in [3.05, 3.63) is 88.4 Å². The Hall–Kier alpha value is -2.90. The maximum Gasteiger partial charge on any atom is 0.257 e. The van der Waals surface area contributed by atoms with Gasteiger partial charge in [-0.1, -0.05) is 44.2 Å². The van der Waals surface area contributed by atoms with E-state index in [0.29, 0.717) is 30.4 Å². The van der Waals surface area contributed by atoms with Gasteiger partial charge in [0.05, 0.1) is 17.7 Å². The molecule has 0 fully saturated rings. The van der Waals surface area contributed by atoms with Gasteiger partial charge in [-0.25, -0.2) is 0 Å². The first kappa shape index (κ1) is 25.7. The van der Waals surface area contributed by atoms with Crippen molar-refractivity contribution < 1.29 is 14.3 Å². The molecule has 0 aliphatic carbocycles. The second kappa shape index (κ2) is 13.1. The molecule has 0 bridgehead atoms. The Kier molecular flexibility index (Phi) is 9.91. The molecule has 34 heavy (non-hydrogen) atoms. The summed E-state index contributed by atoms with van der Waals surface area (Å²) in [4.78, 5) is 12.6. The van der Waals surface area contributed by atoms with Crippen LogP contribution in [-0.4, -0.2) is 24.2 Å². The molecule has 2 N–H and O–H groups in total. The van der Waals surface area contributed by atoms with E-state index in [-0.39, 0.29) is 11.0 Å². The Bertz CT molecular complexity index is 1090. The fraction of sp³-hybridized carbons (Fsp3) is 0.259. The van der Waals surface area contributed by atoms with Gasteiger partial charge in [0.1, 0.15) is 11.5 Å². The number of amides is 1. The largest absolute Gasteiger partial charge is 0.494 e. The predicted octanol–water partition coefficient (Wildman–Crippen LogP) is 6.62. The fourth-order valence-corrected chi connectivity index (χ4v) is 3.80. The Labute approximate surface area is 215 Å². The summed E-state index contributed by atoms with van der Waals surface area (Å²) in [5.41, 5.74) is 2.55. The quantitative estimate of drug-likeness (QED) is 0.223. The predicted molar refractivity (Wildman–Crippen MR) is 145 cm³/mol. The maximum absolute atomic E-state index is 12.6. The average molecular weight is 542 g/mol. The maximum atomic E-state index is 12.6. The first-order valence-corrected chi connectivity index (χ1v) is 12.4. The third-order valence-corrected chi connectivity index (χ3v) is 5.65. The van der Waals surface area contributed by atoms with Crippen molar-refractivity contribution in [1.82, 2.24) is 5.32 Å². The van der Waals surface area contributed by atoms with Crippen LogP contribution in [0.4, 0.5) is 5.69 Å². The van der Waals surface area contributed by atoms with Crippen LogP contribution in [0.2, 0.25) is 0 Å². The van der Waals surface area contributed by atoms with Crippen LogP contribution in [0.1, 0.15) is 36.2 Å². The molecule has 0 spiro atoms. The van der Waals surface area contributed by atoms with E-state index in [1.54, 1.807) is 18.2 Å². The molecule has 1 amide bonds. The van der Waals surface area contributed by atoms with Crippen molar-refractivity contribution in [2.24, 2.45) is 5.92 Å². The molecule has 0 aliphatic rings. The third kappa shape index (κ3) is 8.47. The van der Waals surface area contributed by atoms with E-state index in [1.807, 2.05) is 42.5 Å². The van der Waals surface area contributed by atoms with Gasteiger partial charge in [-0.2, -0.15) is 0 Å². The lowest BCUT2D eigenvalue weighted by Gasteiger charge is -2.13. The zero-order valence-electron chi connectivity index (χ0n) is 19.3. The molecule has 3 aromatic carbocycles. The first-order valence-electron chi connectivity index (χ1n) is 11.2. The summed E-state index contributed by atoms with van der Waals surface area (Å²) in [5, 5.41) is 5.95. The third-order valence-electron chi connectivity index (χ3n) is 4.83. The number of nitrogens with one attached hydrogen (secondary N) is 2. The van der Waals surface area contributed by atoms with Gasteiger partial charge in [0.2, 0.25) is 0 Å². The molecule has 0 saturated carbocycles. The zero-order chi connectivity index (χ0) is 24.3. The van der Waals surface area contributed by atoms with Crippen molar-refractivity contribution in [1.29, 1.82) is 0 Å². The van der Waals surface area contributed by atoms with Crippen LogP contribution in [0, 0.1) is 5.92 Å². The number of carbonyl (C=O) groups is 1. The highest BCUT2D eigenvalue weighted by Gasteiger charge is 2.11. The minimum atomic E-state index is -0.299. The van der Waals surface area contributed by atoms with Crippen molar-refractivity contribution in [2.45, 2.75) is 26.7 Å². The van der Waals surface area contributed by atoms with E-state index < -0.39 is 0 Å². The van der Waals surface area contributed by atoms with Crippen LogP contribution >= 0.6 is 28.1 Å². The zero-order valence-corrected chi connectivity index (χ0v) is 21.7. The standard InChI is InChI=1S/C27H29BrN2O3S/c1-19(2)18-33-25-15-10-21(17-24(25)28)26(31)30-27(34)29-22-11-13-23(14-12-22)32-16-6-9-20-7-4-3-5-8-20/h3-5,7-8,10-15,17,19H,6,9,16,18H2,1-2H3,(H2,29,30,31,34). The molecule has 0 aliphatic heterocycles. The molecular weight excluding hydrogens is 512 g/mol. The SMILES string of the molecule is CC(C)COc1ccc(C(=O)NC(=S)Nc2ccc(OCCCc3ccccc3)cc2)cc1Br. The number of thiocarbonyl (C=S) groups is 1. The van der Waals surface area contributed by atoms with Crippen LogP contribution < -0.4 is 20.1 Å². The van der Waals surface area contributed by atoms with Crippen molar-refractivity contribution in [3.8, 4) is 11.5 Å². The average Bonchev–Trinajstić information content (AvgIpc) is 2.82. The monoisotopic (exact) mass is 540 g/mol. The number of aryl methyl sites for hydroxylation is 1. The van der Waals surface area contributed by atoms with E-state index >= 15 is 0 Å². The van der Waals surface area contributed by atoms with Gasteiger partial charge in [-0.3, -0.25) is 10.1 Å². The molecule has 0 heterocycles. The summed E-state index contributed by atoms with van der Waals surface area (Å²) >= 11 is 8.76. The van der Waals surface area contributed by atoms with Crippen LogP contribution in [0.15, 0.2) is 77.3 Å². The highest BCUT2D eigenvalue weighted by atomic mass is 79.9. The number of hydrogen-bond donors (Lipinski definition) is 2. The molecule has 3 aromatic rings. The summed E-state index contributed by atoms with van der Waals surface area (Å²) in [7, 11) is 0. The van der Waals surface area contributed by atoms with Crippen molar-refractivity contribution in [3.63, 3.8) is 0 Å². The Balaban J connectivity index is 1.43. The molecule has 0 radical (unpaired) electrons. The minimum Gasteiger partial charge on any atom is -0.494 e. The summed E-state index contributed by atoms with van der Waals surface area (Å²) in [5.74, 6) is 1.61. The minimum absolute atomic E-state index is 0.220. The highest BCUT2D eigenvalue weighted by molar-refractivity contribution is 9.10. The first-order chi connectivity index (χ1) is 16.4. The lowest BCUT2D eigenvalue weighted by Crippen LogP contribution is -2.34. The highest BCUT2D eigenvalue weighted by Crippen LogP contribution is 2.26. The number of hydrogen-bond acceptors (Lipinski definition) is 4. The molecule has 178 valence electrons. The van der Waals surface area contributed by atoms with Gasteiger partial charge in [0.15, 0.2) is 5.11 Å². The molecule has 0 unspecified atom stereocenters. The van der Waals surface area contributed by atoms with Crippen LogP contribution in [0.5, 0.6) is 11.5 Å². The molecule has 3 rings (SSSR count). The summed E-state index contributed by atoms with van der Waals surface area (Å²) in [6, 6.07) is 23.1. The van der Waals surface area contributed by atoms with Gasteiger partial charge >= 0.3 is 0 Å². The lowest BCUT2D eigenvalue weighted by atomic mass is 10.1. The topological polar surface area (TPSA) is 59.6 Å². The second-order valence-corrected chi connectivity index (χ2v) is 9.48. The van der Waals surface area contributed by atoms with E-state index in [4.69, 9.17) is 21.7 Å². The molecule has 0 aromatic heterocycles. The Morgan fingerprint density at radius 2 is 1.74 bits per heavy atom. The molecule has 5 nitrogen and oxygen atoms in total. The van der Waals surface area contributed by atoms with Crippen molar-refractivity contribution in [2.75, 3.05) is 18.5 Å². The summed E-state index contributed by atoms with van der Waals surface area (Å²) < 4.78 is 12.3. The molecule has 0 saturated heterocycles. The lowest BCUT2D eigenvalue weighted by molar-refractivity contribution is 0.0977. The van der Waals surface area contributed by atoms with Crippen molar-refractivity contribution >= 4 is 44.9 Å². The van der Waals surface area contributed by atoms with E-state index in [0.717, 1.165) is 28.8 Å². The summed E-state index contributed by atoms with van der Waals surface area (Å²) in [6.07, 6.45) is 1.93. The number of ether oxygens (including phenoxy) is 2. The van der Waals surface area contributed by atoms with E-state index in [9.17, 15) is 4.79 Å². The van der Waals surface area contributed by atoms with Crippen LogP contribution in [0.3, 0.4) is 0 Å². The van der Waals surface area contributed by atoms with Crippen LogP contribution in [0.25, 0.3) is 0 Å². The molecule has 0 atom stereocenters. The normalized spacial score (nSPS) is 10.6. The van der Waals surface area contributed by atoms with Gasteiger partial charge in [-0.05, 0) is 94.9 Å². The van der Waals surface area contributed by atoms with Gasteiger partial charge in [0.25, 0.3) is 5.91 Å².